The van der Waals surface area contributed by atoms with E-state index < -0.39 is 0 Å². The Morgan fingerprint density at radius 1 is 1.31 bits per heavy atom. The van der Waals surface area contributed by atoms with Crippen LogP contribution in [0.3, 0.4) is 0 Å². The van der Waals surface area contributed by atoms with Crippen molar-refractivity contribution in [3.63, 3.8) is 0 Å². The fourth-order valence-electron chi connectivity index (χ4n) is 2.41. The Labute approximate surface area is 96.2 Å². The highest BCUT2D eigenvalue weighted by atomic mass is 16.5. The van der Waals surface area contributed by atoms with Crippen LogP contribution >= 0.6 is 0 Å². The normalized spacial score (nSPS) is 20.3. The molecule has 0 aromatic heterocycles. The lowest BCUT2D eigenvalue weighted by atomic mass is 10.0. The molecule has 3 rings (SSSR count). The van der Waals surface area contributed by atoms with Crippen molar-refractivity contribution in [2.45, 2.75) is 44.1 Å². The molecule has 16 heavy (non-hydrogen) atoms. The first-order chi connectivity index (χ1) is 7.75. The van der Waals surface area contributed by atoms with E-state index in [9.17, 15) is 5.11 Å². The Bertz CT molecular complexity index is 394. The van der Waals surface area contributed by atoms with Gasteiger partial charge >= 0.3 is 0 Å². The van der Waals surface area contributed by atoms with Crippen molar-refractivity contribution >= 4 is 0 Å². The van der Waals surface area contributed by atoms with E-state index in [2.05, 4.69) is 18.2 Å². The summed E-state index contributed by atoms with van der Waals surface area (Å²) in [6.45, 7) is 0.832. The Balaban J connectivity index is 1.58. The van der Waals surface area contributed by atoms with Gasteiger partial charge in [-0.15, -0.1) is 0 Å². The molecule has 0 spiro atoms. The maximum atomic E-state index is 9.74. The van der Waals surface area contributed by atoms with Crippen LogP contribution in [0.1, 0.15) is 36.8 Å². The minimum absolute atomic E-state index is 0.292. The standard InChI is InChI=1S/C14H18O2/c15-14(7-8-14)6-1-2-11-3-4-13-12(10-11)5-9-16-13/h3-4,10,15H,1-2,5-9H2. The quantitative estimate of drug-likeness (QED) is 0.841. The van der Waals surface area contributed by atoms with Gasteiger partial charge in [-0.25, -0.2) is 0 Å². The van der Waals surface area contributed by atoms with Crippen LogP contribution in [-0.2, 0) is 12.8 Å². The fourth-order valence-corrected chi connectivity index (χ4v) is 2.41. The maximum absolute atomic E-state index is 9.74. The summed E-state index contributed by atoms with van der Waals surface area (Å²) in [4.78, 5) is 0. The third-order valence-electron chi connectivity index (χ3n) is 3.69. The molecule has 0 atom stereocenters. The van der Waals surface area contributed by atoms with Gasteiger partial charge in [-0.2, -0.15) is 0 Å². The average molecular weight is 218 g/mol. The Morgan fingerprint density at radius 2 is 2.19 bits per heavy atom. The highest BCUT2D eigenvalue weighted by Crippen LogP contribution is 2.39. The molecule has 1 aromatic rings. The van der Waals surface area contributed by atoms with E-state index in [4.69, 9.17) is 4.74 Å². The molecule has 0 saturated heterocycles. The van der Waals surface area contributed by atoms with Gasteiger partial charge in [-0.1, -0.05) is 12.1 Å². The molecule has 2 nitrogen and oxygen atoms in total. The summed E-state index contributed by atoms with van der Waals surface area (Å²) in [6, 6.07) is 6.50. The first-order valence-corrected chi connectivity index (χ1v) is 6.22. The molecule has 0 amide bonds. The molecule has 1 saturated carbocycles. The summed E-state index contributed by atoms with van der Waals surface area (Å²) in [6.07, 6.45) is 6.19. The second-order valence-electron chi connectivity index (χ2n) is 5.12. The van der Waals surface area contributed by atoms with Crippen molar-refractivity contribution in [3.05, 3.63) is 29.3 Å². The molecule has 0 bridgehead atoms. The number of fused-ring (bicyclic) bond motifs is 1. The van der Waals surface area contributed by atoms with Gasteiger partial charge in [-0.05, 0) is 49.3 Å². The number of hydrogen-bond acceptors (Lipinski definition) is 2. The first kappa shape index (κ1) is 10.2. The lowest BCUT2D eigenvalue weighted by Gasteiger charge is -2.07. The lowest BCUT2D eigenvalue weighted by molar-refractivity contribution is 0.137. The van der Waals surface area contributed by atoms with E-state index in [0.717, 1.165) is 50.9 Å². The zero-order valence-electron chi connectivity index (χ0n) is 9.54. The van der Waals surface area contributed by atoms with Gasteiger partial charge in [0, 0.05) is 6.42 Å². The molecule has 0 unspecified atom stereocenters. The Kier molecular flexibility index (Phi) is 2.40. The van der Waals surface area contributed by atoms with Gasteiger partial charge in [0.15, 0.2) is 0 Å². The summed E-state index contributed by atoms with van der Waals surface area (Å²) in [5, 5.41) is 9.74. The van der Waals surface area contributed by atoms with Crippen molar-refractivity contribution in [1.82, 2.24) is 0 Å². The molecule has 1 aromatic carbocycles. The van der Waals surface area contributed by atoms with Gasteiger partial charge in [0.25, 0.3) is 0 Å². The van der Waals surface area contributed by atoms with Crippen LogP contribution in [0.4, 0.5) is 0 Å². The van der Waals surface area contributed by atoms with Gasteiger partial charge in [0.2, 0.25) is 0 Å². The van der Waals surface area contributed by atoms with E-state index in [-0.39, 0.29) is 5.60 Å². The first-order valence-electron chi connectivity index (χ1n) is 6.22. The second-order valence-corrected chi connectivity index (χ2v) is 5.12. The third kappa shape index (κ3) is 2.07. The van der Waals surface area contributed by atoms with Gasteiger partial charge in [0.05, 0.1) is 12.2 Å². The van der Waals surface area contributed by atoms with Gasteiger partial charge in [0.1, 0.15) is 5.75 Å². The molecule has 1 aliphatic carbocycles. The molecule has 1 heterocycles. The zero-order valence-corrected chi connectivity index (χ0v) is 9.54. The monoisotopic (exact) mass is 218 g/mol. The zero-order chi connectivity index (χ0) is 11.0. The molecule has 1 fully saturated rings. The largest absolute Gasteiger partial charge is 0.493 e. The predicted octanol–water partition coefficient (Wildman–Crippen LogP) is 2.47. The molecular weight excluding hydrogens is 200 g/mol. The Morgan fingerprint density at radius 3 is 3.00 bits per heavy atom. The number of benzene rings is 1. The summed E-state index contributed by atoms with van der Waals surface area (Å²) in [5.41, 5.74) is 2.44. The maximum Gasteiger partial charge on any atom is 0.122 e. The molecule has 1 N–H and O–H groups in total. The molecule has 2 aliphatic rings. The second kappa shape index (κ2) is 3.77. The summed E-state index contributed by atoms with van der Waals surface area (Å²) in [7, 11) is 0. The number of hydrogen-bond donors (Lipinski definition) is 1. The van der Waals surface area contributed by atoms with Crippen molar-refractivity contribution in [2.75, 3.05) is 6.61 Å². The minimum Gasteiger partial charge on any atom is -0.493 e. The van der Waals surface area contributed by atoms with Crippen LogP contribution in [0.15, 0.2) is 18.2 Å². The minimum atomic E-state index is -0.292. The SMILES string of the molecule is OC1(CCCc2ccc3c(c2)CCO3)CC1. The molecule has 0 radical (unpaired) electrons. The van der Waals surface area contributed by atoms with Crippen molar-refractivity contribution < 1.29 is 9.84 Å². The van der Waals surface area contributed by atoms with Gasteiger partial charge in [-0.3, -0.25) is 0 Å². The predicted molar refractivity (Wildman–Crippen MR) is 62.8 cm³/mol. The Hall–Kier alpha value is -1.02. The van der Waals surface area contributed by atoms with Crippen LogP contribution in [0.2, 0.25) is 0 Å². The number of aryl methyl sites for hydroxylation is 1. The summed E-state index contributed by atoms with van der Waals surface area (Å²) >= 11 is 0. The highest BCUT2D eigenvalue weighted by molar-refractivity contribution is 5.39. The van der Waals surface area contributed by atoms with Gasteiger partial charge < -0.3 is 9.84 Å². The average Bonchev–Trinajstić information content (AvgIpc) is 2.84. The fraction of sp³-hybridized carbons (Fsp3) is 0.571. The third-order valence-corrected chi connectivity index (χ3v) is 3.69. The van der Waals surface area contributed by atoms with E-state index >= 15 is 0 Å². The molecule has 1 aliphatic heterocycles. The van der Waals surface area contributed by atoms with Crippen molar-refractivity contribution in [1.29, 1.82) is 0 Å². The van der Waals surface area contributed by atoms with E-state index in [0.29, 0.717) is 0 Å². The van der Waals surface area contributed by atoms with Crippen LogP contribution < -0.4 is 4.74 Å². The highest BCUT2D eigenvalue weighted by Gasteiger charge is 2.39. The number of rotatable bonds is 4. The summed E-state index contributed by atoms with van der Waals surface area (Å²) in [5.74, 6) is 1.06. The van der Waals surface area contributed by atoms with Crippen LogP contribution in [0.25, 0.3) is 0 Å². The van der Waals surface area contributed by atoms with Crippen LogP contribution in [0, 0.1) is 0 Å². The van der Waals surface area contributed by atoms with E-state index in [1.165, 1.54) is 11.1 Å². The van der Waals surface area contributed by atoms with Crippen LogP contribution in [-0.4, -0.2) is 17.3 Å². The molecule has 86 valence electrons. The number of ether oxygens (including phenoxy) is 1. The van der Waals surface area contributed by atoms with Crippen molar-refractivity contribution in [3.8, 4) is 5.75 Å². The smallest absolute Gasteiger partial charge is 0.122 e. The van der Waals surface area contributed by atoms with Crippen molar-refractivity contribution in [2.24, 2.45) is 0 Å². The topological polar surface area (TPSA) is 29.5 Å². The molecule has 2 heteroatoms. The summed E-state index contributed by atoms with van der Waals surface area (Å²) < 4.78 is 5.48. The lowest BCUT2D eigenvalue weighted by Crippen LogP contribution is -2.06. The van der Waals surface area contributed by atoms with E-state index in [1.54, 1.807) is 0 Å². The van der Waals surface area contributed by atoms with E-state index in [1.807, 2.05) is 0 Å². The van der Waals surface area contributed by atoms with Crippen LogP contribution in [0.5, 0.6) is 5.75 Å². The number of aliphatic hydroxyl groups is 1. The molecular formula is C14H18O2.